The van der Waals surface area contributed by atoms with E-state index in [1.54, 1.807) is 5.56 Å². The Morgan fingerprint density at radius 3 is 2.33 bits per heavy atom. The van der Waals surface area contributed by atoms with Gasteiger partial charge in [-0.15, -0.1) is 0 Å². The van der Waals surface area contributed by atoms with Crippen LogP contribution in [-0.4, -0.2) is 4.57 Å². The van der Waals surface area contributed by atoms with E-state index in [0.29, 0.717) is 17.8 Å². The topological polar surface area (TPSA) is 4.93 Å². The van der Waals surface area contributed by atoms with Crippen LogP contribution < -0.4 is 0 Å². The highest BCUT2D eigenvalue weighted by Gasteiger charge is 2.40. The normalized spacial score (nSPS) is 24.1. The Balaban J connectivity index is 0.000000280. The van der Waals surface area contributed by atoms with Gasteiger partial charge in [-0.05, 0) is 36.0 Å². The van der Waals surface area contributed by atoms with Gasteiger partial charge in [0.1, 0.15) is 0 Å². The molecule has 0 unspecified atom stereocenters. The van der Waals surface area contributed by atoms with E-state index in [1.807, 2.05) is 0 Å². The Morgan fingerprint density at radius 1 is 0.852 bits per heavy atom. The first-order valence-electron chi connectivity index (χ1n) is 9.96. The van der Waals surface area contributed by atoms with Gasteiger partial charge in [-0.1, -0.05) is 85.0 Å². The molecule has 1 aromatic heterocycles. The predicted octanol–water partition coefficient (Wildman–Crippen LogP) is 6.49. The summed E-state index contributed by atoms with van der Waals surface area (Å²) >= 11 is 0. The Morgan fingerprint density at radius 2 is 1.59 bits per heavy atom. The molecule has 0 N–H and O–H groups in total. The van der Waals surface area contributed by atoms with E-state index >= 15 is 0 Å². The molecule has 0 amide bonds. The van der Waals surface area contributed by atoms with E-state index in [9.17, 15) is 0 Å². The number of para-hydroxylation sites is 1. The summed E-state index contributed by atoms with van der Waals surface area (Å²) in [6.07, 6.45) is 15.7. The molecule has 0 radical (unpaired) electrons. The van der Waals surface area contributed by atoms with E-state index < -0.39 is 0 Å². The zero-order valence-electron chi connectivity index (χ0n) is 15.8. The SMILES string of the molecule is C1=CCC=C1.Cn1c2c(c3ccccc31)[C@@H](c1ccccc1)[C@@H]1C=C[C@H]2C1. The monoisotopic (exact) mass is 351 g/mol. The van der Waals surface area contributed by atoms with Crippen LogP contribution in [0.5, 0.6) is 0 Å². The quantitative estimate of drug-likeness (QED) is 0.442. The lowest BCUT2D eigenvalue weighted by Gasteiger charge is -2.31. The molecule has 3 atom stereocenters. The summed E-state index contributed by atoms with van der Waals surface area (Å²) in [7, 11) is 2.23. The van der Waals surface area contributed by atoms with Crippen molar-refractivity contribution in [1.29, 1.82) is 0 Å². The van der Waals surface area contributed by atoms with Gasteiger partial charge in [-0.25, -0.2) is 0 Å². The van der Waals surface area contributed by atoms with Gasteiger partial charge in [-0.2, -0.15) is 0 Å². The second kappa shape index (κ2) is 6.74. The molecular formula is C26H25N. The van der Waals surface area contributed by atoms with Gasteiger partial charge in [-0.3, -0.25) is 0 Å². The maximum Gasteiger partial charge on any atom is 0.0483 e. The predicted molar refractivity (Wildman–Crippen MR) is 114 cm³/mol. The van der Waals surface area contributed by atoms with Crippen molar-refractivity contribution in [3.63, 3.8) is 0 Å². The van der Waals surface area contributed by atoms with Crippen LogP contribution >= 0.6 is 0 Å². The molecule has 3 aliphatic rings. The van der Waals surface area contributed by atoms with Crippen LogP contribution in [0.4, 0.5) is 0 Å². The molecule has 3 aromatic rings. The summed E-state index contributed by atoms with van der Waals surface area (Å²) < 4.78 is 2.43. The van der Waals surface area contributed by atoms with Crippen molar-refractivity contribution in [2.75, 3.05) is 0 Å². The highest BCUT2D eigenvalue weighted by atomic mass is 15.0. The van der Waals surface area contributed by atoms with Crippen LogP contribution in [0.15, 0.2) is 91.1 Å². The number of allylic oxidation sites excluding steroid dienone is 6. The molecule has 0 spiro atoms. The third-order valence-electron chi connectivity index (χ3n) is 6.21. The summed E-state index contributed by atoms with van der Waals surface area (Å²) in [6.45, 7) is 0. The molecule has 3 aliphatic carbocycles. The lowest BCUT2D eigenvalue weighted by molar-refractivity contribution is 0.486. The van der Waals surface area contributed by atoms with E-state index in [4.69, 9.17) is 0 Å². The van der Waals surface area contributed by atoms with Crippen molar-refractivity contribution in [2.24, 2.45) is 13.0 Å². The van der Waals surface area contributed by atoms with Gasteiger partial charge < -0.3 is 4.57 Å². The maximum absolute atomic E-state index is 2.46. The number of rotatable bonds is 1. The Kier molecular flexibility index (Phi) is 4.09. The average Bonchev–Trinajstić information content (AvgIpc) is 3.47. The van der Waals surface area contributed by atoms with Crippen LogP contribution in [0.25, 0.3) is 10.9 Å². The van der Waals surface area contributed by atoms with Crippen LogP contribution in [0.1, 0.15) is 41.5 Å². The minimum absolute atomic E-state index is 0.497. The molecule has 0 saturated carbocycles. The zero-order chi connectivity index (χ0) is 18.2. The smallest absolute Gasteiger partial charge is 0.0483 e. The minimum atomic E-state index is 0.497. The average molecular weight is 351 g/mol. The van der Waals surface area contributed by atoms with Crippen molar-refractivity contribution in [3.8, 4) is 0 Å². The molecule has 0 saturated heterocycles. The van der Waals surface area contributed by atoms with E-state index in [2.05, 4.69) is 103 Å². The summed E-state index contributed by atoms with van der Waals surface area (Å²) in [5.74, 6) is 1.74. The number of nitrogens with zero attached hydrogens (tertiary/aromatic N) is 1. The number of aromatic nitrogens is 1. The summed E-state index contributed by atoms with van der Waals surface area (Å²) in [6, 6.07) is 19.9. The van der Waals surface area contributed by atoms with E-state index in [-0.39, 0.29) is 0 Å². The summed E-state index contributed by atoms with van der Waals surface area (Å²) in [5, 5.41) is 1.44. The van der Waals surface area contributed by atoms with Crippen molar-refractivity contribution in [1.82, 2.24) is 4.57 Å². The fraction of sp³-hybridized carbons (Fsp3) is 0.231. The van der Waals surface area contributed by atoms with Gasteiger partial charge in [0.05, 0.1) is 0 Å². The Bertz CT molecular complexity index is 1040. The fourth-order valence-electron chi connectivity index (χ4n) is 5.08. The summed E-state index contributed by atoms with van der Waals surface area (Å²) in [5.41, 5.74) is 5.92. The first-order chi connectivity index (χ1) is 13.3. The van der Waals surface area contributed by atoms with Gasteiger partial charge >= 0.3 is 0 Å². The molecule has 6 rings (SSSR count). The number of hydrogen-bond donors (Lipinski definition) is 0. The zero-order valence-corrected chi connectivity index (χ0v) is 15.8. The maximum atomic E-state index is 2.46. The molecule has 1 heteroatoms. The van der Waals surface area contributed by atoms with E-state index in [0.717, 1.165) is 6.42 Å². The molecule has 1 heterocycles. The standard InChI is InChI=1S/C21H19N.C5H6/c1-22-18-10-6-5-9-17(18)20-19(14-7-3-2-4-8-14)15-11-12-16(13-15)21(20)22;1-2-4-5-3-1/h2-12,15-16,19H,13H2,1H3;1-4H,5H2/t15-,16+,19+;/m1./s1. The molecule has 0 fully saturated rings. The lowest BCUT2D eigenvalue weighted by atomic mass is 9.73. The van der Waals surface area contributed by atoms with Gasteiger partial charge in [0.15, 0.2) is 0 Å². The third-order valence-corrected chi connectivity index (χ3v) is 6.21. The van der Waals surface area contributed by atoms with Crippen molar-refractivity contribution < 1.29 is 0 Å². The van der Waals surface area contributed by atoms with Gasteiger partial charge in [0, 0.05) is 35.5 Å². The van der Waals surface area contributed by atoms with Crippen LogP contribution in [-0.2, 0) is 7.05 Å². The number of aryl methyl sites for hydroxylation is 1. The summed E-state index contributed by atoms with van der Waals surface area (Å²) in [4.78, 5) is 0. The first kappa shape index (κ1) is 16.4. The molecular weight excluding hydrogens is 326 g/mol. The van der Waals surface area contributed by atoms with Crippen LogP contribution in [0.2, 0.25) is 0 Å². The Hall–Kier alpha value is -2.80. The molecule has 27 heavy (non-hydrogen) atoms. The van der Waals surface area contributed by atoms with Gasteiger partial charge in [0.2, 0.25) is 0 Å². The minimum Gasteiger partial charge on any atom is -0.347 e. The van der Waals surface area contributed by atoms with Crippen molar-refractivity contribution in [3.05, 3.63) is 108 Å². The molecule has 134 valence electrons. The molecule has 0 aliphatic heterocycles. The highest BCUT2D eigenvalue weighted by molar-refractivity contribution is 5.87. The van der Waals surface area contributed by atoms with Crippen molar-refractivity contribution >= 4 is 10.9 Å². The Labute approximate surface area is 161 Å². The number of benzene rings is 2. The fourth-order valence-corrected chi connectivity index (χ4v) is 5.08. The highest BCUT2D eigenvalue weighted by Crippen LogP contribution is 2.53. The third kappa shape index (κ3) is 2.70. The molecule has 2 aromatic carbocycles. The van der Waals surface area contributed by atoms with Gasteiger partial charge in [0.25, 0.3) is 0 Å². The molecule has 2 bridgehead atoms. The lowest BCUT2D eigenvalue weighted by Crippen LogP contribution is -2.20. The molecule has 1 nitrogen and oxygen atoms in total. The van der Waals surface area contributed by atoms with Crippen molar-refractivity contribution in [2.45, 2.75) is 24.7 Å². The van der Waals surface area contributed by atoms with E-state index in [1.165, 1.54) is 28.6 Å². The number of hydrogen-bond acceptors (Lipinski definition) is 0. The largest absolute Gasteiger partial charge is 0.347 e. The second-order valence-corrected chi connectivity index (χ2v) is 7.75. The second-order valence-electron chi connectivity index (χ2n) is 7.75. The first-order valence-corrected chi connectivity index (χ1v) is 9.96. The van der Waals surface area contributed by atoms with Crippen LogP contribution in [0, 0.1) is 5.92 Å². The number of fused-ring (bicyclic) bond motifs is 6. The van der Waals surface area contributed by atoms with Crippen LogP contribution in [0.3, 0.4) is 0 Å².